The number of nitrogens with zero attached hydrogens (tertiary/aromatic N) is 2. The van der Waals surface area contributed by atoms with Crippen LogP contribution in [-0.4, -0.2) is 8.07 Å². The Kier molecular flexibility index (Phi) is 10.1. The van der Waals surface area contributed by atoms with E-state index in [1.165, 1.54) is 49.3 Å². The van der Waals surface area contributed by atoms with Crippen LogP contribution in [0.25, 0.3) is 44.2 Å². The summed E-state index contributed by atoms with van der Waals surface area (Å²) in [6, 6.07) is 81.3. The minimum Gasteiger partial charge on any atom is -0.311 e. The maximum Gasteiger partial charge on any atom is 0.0775 e. The molecule has 0 aliphatic rings. The lowest BCUT2D eigenvalue weighted by Gasteiger charge is -2.27. The molecule has 0 spiro atoms. The van der Waals surface area contributed by atoms with Gasteiger partial charge >= 0.3 is 0 Å². The van der Waals surface area contributed by atoms with Crippen LogP contribution in [0.1, 0.15) is 0 Å². The van der Waals surface area contributed by atoms with E-state index < -0.39 is 8.07 Å². The topological polar surface area (TPSA) is 6.48 Å². The largest absolute Gasteiger partial charge is 0.311 e. The summed E-state index contributed by atoms with van der Waals surface area (Å²) in [6.45, 7) is 7.20. The summed E-state index contributed by atoms with van der Waals surface area (Å²) in [5, 5.41) is 3.91. The number of anilines is 6. The fourth-order valence-electron chi connectivity index (χ4n) is 7.86. The molecule has 0 saturated heterocycles. The van der Waals surface area contributed by atoms with Gasteiger partial charge in [0.05, 0.1) is 13.8 Å². The minimum absolute atomic E-state index is 1.12. The van der Waals surface area contributed by atoms with Crippen molar-refractivity contribution >= 4 is 58.2 Å². The lowest BCUT2D eigenvalue weighted by Crippen LogP contribution is -2.37. The smallest absolute Gasteiger partial charge is 0.0775 e. The van der Waals surface area contributed by atoms with Crippen LogP contribution < -0.4 is 15.0 Å². The van der Waals surface area contributed by atoms with Gasteiger partial charge in [0.2, 0.25) is 0 Å². The summed E-state index contributed by atoms with van der Waals surface area (Å²) in [5.74, 6) is 0. The number of benzene rings is 9. The molecule has 280 valence electrons. The van der Waals surface area contributed by atoms with E-state index in [0.717, 1.165) is 34.1 Å². The van der Waals surface area contributed by atoms with Crippen molar-refractivity contribution in [3.05, 3.63) is 224 Å². The second kappa shape index (κ2) is 15.9. The van der Waals surface area contributed by atoms with Gasteiger partial charge in [-0.25, -0.2) is 0 Å². The first-order valence-electron chi connectivity index (χ1n) is 20.1. The molecule has 9 aromatic rings. The first kappa shape index (κ1) is 36.7. The Balaban J connectivity index is 0.982. The van der Waals surface area contributed by atoms with Gasteiger partial charge in [-0.2, -0.15) is 0 Å². The highest BCUT2D eigenvalue weighted by Gasteiger charge is 2.19. The van der Waals surface area contributed by atoms with Gasteiger partial charge in [0.15, 0.2) is 0 Å². The van der Waals surface area contributed by atoms with Crippen molar-refractivity contribution in [1.29, 1.82) is 0 Å². The van der Waals surface area contributed by atoms with E-state index in [2.05, 4.69) is 254 Å². The predicted molar refractivity (Wildman–Crippen MR) is 253 cm³/mol. The quantitative estimate of drug-likeness (QED) is 0.128. The summed E-state index contributed by atoms with van der Waals surface area (Å²) in [7, 11) is -1.43. The van der Waals surface area contributed by atoms with Gasteiger partial charge in [-0.1, -0.05) is 183 Å². The van der Waals surface area contributed by atoms with Gasteiger partial charge in [-0.3, -0.25) is 0 Å². The first-order chi connectivity index (χ1) is 28.4. The highest BCUT2D eigenvalue weighted by atomic mass is 28.3. The summed E-state index contributed by atoms with van der Waals surface area (Å²) in [5.41, 5.74) is 14.0. The SMILES string of the molecule is C[Si](C)(C)c1ccc(N(c2ccc(-c3ccccc3)cc2)c2ccc(-c3ccc(-c4ccc(N(c5ccccc5)c5cccc6ccccc56)cc4)cc3)cc2)cc1. The molecule has 9 aromatic carbocycles. The fraction of sp³-hybridized carbons (Fsp3) is 0.0545. The lowest BCUT2D eigenvalue weighted by molar-refractivity contribution is 1.28. The maximum atomic E-state index is 2.40. The molecule has 3 heteroatoms. The highest BCUT2D eigenvalue weighted by Crippen LogP contribution is 2.40. The average molecular weight is 763 g/mol. The first-order valence-corrected chi connectivity index (χ1v) is 23.6. The van der Waals surface area contributed by atoms with E-state index in [4.69, 9.17) is 0 Å². The number of rotatable bonds is 10. The molecule has 0 N–H and O–H groups in total. The Morgan fingerprint density at radius 3 is 1.10 bits per heavy atom. The molecule has 0 fully saturated rings. The maximum absolute atomic E-state index is 2.40. The van der Waals surface area contributed by atoms with Crippen molar-refractivity contribution in [2.75, 3.05) is 9.80 Å². The minimum atomic E-state index is -1.43. The van der Waals surface area contributed by atoms with Crippen LogP contribution in [0, 0.1) is 0 Å². The van der Waals surface area contributed by atoms with Crippen LogP contribution in [0.2, 0.25) is 19.6 Å². The van der Waals surface area contributed by atoms with Crippen LogP contribution in [0.4, 0.5) is 34.1 Å². The molecule has 0 amide bonds. The predicted octanol–water partition coefficient (Wildman–Crippen LogP) is 15.3. The van der Waals surface area contributed by atoms with E-state index in [1.54, 1.807) is 0 Å². The Bertz CT molecular complexity index is 2750. The van der Waals surface area contributed by atoms with Crippen LogP contribution in [0.15, 0.2) is 224 Å². The van der Waals surface area contributed by atoms with E-state index in [1.807, 2.05) is 0 Å². The van der Waals surface area contributed by atoms with Gasteiger partial charge in [0, 0.05) is 33.8 Å². The van der Waals surface area contributed by atoms with Crippen molar-refractivity contribution in [2.45, 2.75) is 19.6 Å². The van der Waals surface area contributed by atoms with E-state index in [9.17, 15) is 0 Å². The summed E-state index contributed by atoms with van der Waals surface area (Å²) >= 11 is 0. The Labute approximate surface area is 344 Å². The zero-order valence-electron chi connectivity index (χ0n) is 33.3. The second-order valence-electron chi connectivity index (χ2n) is 15.9. The molecule has 0 bridgehead atoms. The van der Waals surface area contributed by atoms with Crippen molar-refractivity contribution in [3.63, 3.8) is 0 Å². The molecule has 0 saturated carbocycles. The molecule has 0 radical (unpaired) electrons. The van der Waals surface area contributed by atoms with Gasteiger partial charge in [-0.05, 0) is 105 Å². The molecule has 0 aromatic heterocycles. The van der Waals surface area contributed by atoms with E-state index >= 15 is 0 Å². The molecule has 58 heavy (non-hydrogen) atoms. The third kappa shape index (κ3) is 7.60. The zero-order chi connectivity index (χ0) is 39.5. The Morgan fingerprint density at radius 2 is 0.621 bits per heavy atom. The molecular formula is C55H46N2Si. The fourth-order valence-corrected chi connectivity index (χ4v) is 9.03. The number of para-hydroxylation sites is 1. The zero-order valence-corrected chi connectivity index (χ0v) is 34.3. The molecule has 0 aliphatic heterocycles. The number of fused-ring (bicyclic) bond motifs is 1. The van der Waals surface area contributed by atoms with Crippen LogP contribution in [0.3, 0.4) is 0 Å². The van der Waals surface area contributed by atoms with Gasteiger partial charge in [0.1, 0.15) is 0 Å². The highest BCUT2D eigenvalue weighted by molar-refractivity contribution is 6.88. The van der Waals surface area contributed by atoms with E-state index in [0.29, 0.717) is 0 Å². The van der Waals surface area contributed by atoms with Gasteiger partial charge in [0.25, 0.3) is 0 Å². The molecule has 0 heterocycles. The number of hydrogen-bond acceptors (Lipinski definition) is 2. The third-order valence-corrected chi connectivity index (χ3v) is 13.1. The van der Waals surface area contributed by atoms with Crippen molar-refractivity contribution in [3.8, 4) is 33.4 Å². The third-order valence-electron chi connectivity index (χ3n) is 11.0. The Morgan fingerprint density at radius 1 is 0.276 bits per heavy atom. The van der Waals surface area contributed by atoms with Crippen molar-refractivity contribution in [2.24, 2.45) is 0 Å². The van der Waals surface area contributed by atoms with Crippen LogP contribution in [-0.2, 0) is 0 Å². The van der Waals surface area contributed by atoms with Gasteiger partial charge < -0.3 is 9.80 Å². The normalized spacial score (nSPS) is 11.4. The summed E-state index contributed by atoms with van der Waals surface area (Å²) < 4.78 is 0. The molecular weight excluding hydrogens is 717 g/mol. The molecule has 0 atom stereocenters. The molecule has 2 nitrogen and oxygen atoms in total. The molecule has 0 unspecified atom stereocenters. The second-order valence-corrected chi connectivity index (χ2v) is 21.0. The average Bonchev–Trinajstić information content (AvgIpc) is 3.28. The Hall–Kier alpha value is -6.94. The van der Waals surface area contributed by atoms with Crippen LogP contribution >= 0.6 is 0 Å². The summed E-state index contributed by atoms with van der Waals surface area (Å²) in [6.07, 6.45) is 0. The standard InChI is InChI=1S/C55H46N2Si/c1-58(2,3)53-39-37-51(38-40-53)56(49-31-25-44(26-32-49)41-13-6-4-7-14-41)50-33-27-45(28-34-50)42-21-23-43(24-22-42)46-29-35-52(36-30-46)57(48-17-8-5-9-18-48)55-20-12-16-47-15-10-11-19-54(47)55/h4-40H,1-3H3. The van der Waals surface area contributed by atoms with Crippen molar-refractivity contribution in [1.82, 2.24) is 0 Å². The number of hydrogen-bond donors (Lipinski definition) is 0. The molecule has 9 rings (SSSR count). The lowest BCUT2D eigenvalue weighted by atomic mass is 9.99. The van der Waals surface area contributed by atoms with E-state index in [-0.39, 0.29) is 0 Å². The van der Waals surface area contributed by atoms with Gasteiger partial charge in [-0.15, -0.1) is 0 Å². The summed E-state index contributed by atoms with van der Waals surface area (Å²) in [4.78, 5) is 4.71. The monoisotopic (exact) mass is 762 g/mol. The van der Waals surface area contributed by atoms with Crippen LogP contribution in [0.5, 0.6) is 0 Å². The molecule has 0 aliphatic carbocycles. The van der Waals surface area contributed by atoms with Crippen molar-refractivity contribution < 1.29 is 0 Å².